The first-order valence-corrected chi connectivity index (χ1v) is 6.52. The van der Waals surface area contributed by atoms with Crippen molar-refractivity contribution < 1.29 is 0 Å². The number of nitrogens with zero attached hydrogens (tertiary/aromatic N) is 3. The first-order chi connectivity index (χ1) is 9.78. The lowest BCUT2D eigenvalue weighted by Crippen LogP contribution is -2.07. The van der Waals surface area contributed by atoms with Crippen LogP contribution in [0.4, 0.5) is 11.6 Å². The number of hydrogen-bond donors (Lipinski definition) is 2. The lowest BCUT2D eigenvalue weighted by Gasteiger charge is -2.09. The Morgan fingerprint density at radius 1 is 1.10 bits per heavy atom. The van der Waals surface area contributed by atoms with Gasteiger partial charge in [0.25, 0.3) is 0 Å². The molecule has 102 valence electrons. The van der Waals surface area contributed by atoms with Crippen molar-refractivity contribution in [3.63, 3.8) is 0 Å². The standard InChI is InChI=1S/C15H17N5/c1-12-19-14(17-9-5-8-16)10-15(20-12)18-11-13-6-3-2-4-7-13/h2-4,6-7,10H,5,9,11H2,1H3,(H2,17,18,19,20). The van der Waals surface area contributed by atoms with Crippen LogP contribution in [0.3, 0.4) is 0 Å². The fraction of sp³-hybridized carbons (Fsp3) is 0.267. The van der Waals surface area contributed by atoms with Gasteiger partial charge in [-0.05, 0) is 12.5 Å². The van der Waals surface area contributed by atoms with Crippen LogP contribution in [-0.2, 0) is 6.54 Å². The molecule has 2 N–H and O–H groups in total. The van der Waals surface area contributed by atoms with Crippen LogP contribution < -0.4 is 10.6 Å². The third-order valence-electron chi connectivity index (χ3n) is 2.70. The van der Waals surface area contributed by atoms with E-state index >= 15 is 0 Å². The molecule has 5 heteroatoms. The lowest BCUT2D eigenvalue weighted by molar-refractivity contribution is 0.994. The fourth-order valence-corrected chi connectivity index (χ4v) is 1.78. The van der Waals surface area contributed by atoms with E-state index < -0.39 is 0 Å². The monoisotopic (exact) mass is 267 g/mol. The van der Waals surface area contributed by atoms with Gasteiger partial charge >= 0.3 is 0 Å². The van der Waals surface area contributed by atoms with Gasteiger partial charge in [0.15, 0.2) is 0 Å². The Balaban J connectivity index is 1.99. The second-order valence-electron chi connectivity index (χ2n) is 4.36. The molecule has 0 atom stereocenters. The maximum absolute atomic E-state index is 8.53. The van der Waals surface area contributed by atoms with Gasteiger partial charge in [0, 0.05) is 19.2 Å². The highest BCUT2D eigenvalue weighted by molar-refractivity contribution is 5.47. The fourth-order valence-electron chi connectivity index (χ4n) is 1.78. The van der Waals surface area contributed by atoms with Gasteiger partial charge in [-0.1, -0.05) is 30.3 Å². The molecule has 0 amide bonds. The largest absolute Gasteiger partial charge is 0.369 e. The van der Waals surface area contributed by atoms with Gasteiger partial charge in [-0.3, -0.25) is 0 Å². The van der Waals surface area contributed by atoms with Crippen molar-refractivity contribution in [1.29, 1.82) is 5.26 Å². The average molecular weight is 267 g/mol. The van der Waals surface area contributed by atoms with Crippen molar-refractivity contribution in [3.8, 4) is 6.07 Å². The predicted octanol–water partition coefficient (Wildman–Crippen LogP) is 2.72. The molecule has 0 saturated heterocycles. The zero-order valence-electron chi connectivity index (χ0n) is 11.4. The van der Waals surface area contributed by atoms with E-state index in [1.165, 1.54) is 5.56 Å². The Morgan fingerprint density at radius 2 is 1.80 bits per heavy atom. The van der Waals surface area contributed by atoms with Crippen LogP contribution in [0.5, 0.6) is 0 Å². The summed E-state index contributed by atoms with van der Waals surface area (Å²) < 4.78 is 0. The summed E-state index contributed by atoms with van der Waals surface area (Å²) in [6.45, 7) is 3.16. The molecular weight excluding hydrogens is 250 g/mol. The number of hydrogen-bond acceptors (Lipinski definition) is 5. The van der Waals surface area contributed by atoms with Gasteiger partial charge in [-0.25, -0.2) is 9.97 Å². The predicted molar refractivity (Wildman–Crippen MR) is 79.3 cm³/mol. The van der Waals surface area contributed by atoms with Crippen LogP contribution in [0.2, 0.25) is 0 Å². The quantitative estimate of drug-likeness (QED) is 0.787. The molecule has 1 aromatic carbocycles. The summed E-state index contributed by atoms with van der Waals surface area (Å²) in [6, 6.07) is 14.1. The van der Waals surface area contributed by atoms with Crippen LogP contribution in [0.1, 0.15) is 17.8 Å². The van der Waals surface area contributed by atoms with Crippen LogP contribution in [0.25, 0.3) is 0 Å². The van der Waals surface area contributed by atoms with E-state index in [0.717, 1.165) is 18.2 Å². The molecule has 2 aromatic rings. The maximum Gasteiger partial charge on any atom is 0.132 e. The molecule has 0 aliphatic rings. The Morgan fingerprint density at radius 3 is 2.50 bits per heavy atom. The Kier molecular flexibility index (Phi) is 4.90. The summed E-state index contributed by atoms with van der Waals surface area (Å²) in [5.74, 6) is 2.21. The summed E-state index contributed by atoms with van der Waals surface area (Å²) in [5.41, 5.74) is 1.20. The Labute approximate surface area is 118 Å². The molecule has 1 aromatic heterocycles. The highest BCUT2D eigenvalue weighted by atomic mass is 15.1. The highest BCUT2D eigenvalue weighted by Crippen LogP contribution is 2.12. The molecule has 5 nitrogen and oxygen atoms in total. The van der Waals surface area contributed by atoms with Crippen LogP contribution in [0.15, 0.2) is 36.4 Å². The van der Waals surface area contributed by atoms with Gasteiger partial charge in [0.05, 0.1) is 12.5 Å². The average Bonchev–Trinajstić information content (AvgIpc) is 2.46. The van der Waals surface area contributed by atoms with Gasteiger partial charge in [0.2, 0.25) is 0 Å². The summed E-state index contributed by atoms with van der Waals surface area (Å²) in [6.07, 6.45) is 0.454. The Bertz CT molecular complexity index is 589. The first-order valence-electron chi connectivity index (χ1n) is 6.52. The number of aromatic nitrogens is 2. The topological polar surface area (TPSA) is 73.6 Å². The van der Waals surface area contributed by atoms with Gasteiger partial charge in [-0.15, -0.1) is 0 Å². The van der Waals surface area contributed by atoms with Gasteiger partial charge < -0.3 is 10.6 Å². The molecule has 1 heterocycles. The van der Waals surface area contributed by atoms with Crippen molar-refractivity contribution >= 4 is 11.6 Å². The van der Waals surface area contributed by atoms with E-state index in [1.54, 1.807) is 0 Å². The highest BCUT2D eigenvalue weighted by Gasteiger charge is 2.01. The zero-order chi connectivity index (χ0) is 14.2. The van der Waals surface area contributed by atoms with E-state index in [0.29, 0.717) is 18.8 Å². The minimum absolute atomic E-state index is 0.454. The van der Waals surface area contributed by atoms with Crippen LogP contribution in [0, 0.1) is 18.3 Å². The number of nitriles is 1. The van der Waals surface area contributed by atoms with Crippen molar-refractivity contribution in [2.75, 3.05) is 17.2 Å². The molecule has 0 bridgehead atoms. The van der Waals surface area contributed by atoms with E-state index in [-0.39, 0.29) is 0 Å². The molecule has 0 unspecified atom stereocenters. The third kappa shape index (κ3) is 4.25. The zero-order valence-corrected chi connectivity index (χ0v) is 11.4. The molecule has 0 aliphatic carbocycles. The van der Waals surface area contributed by atoms with E-state index in [9.17, 15) is 0 Å². The second-order valence-corrected chi connectivity index (χ2v) is 4.36. The first kappa shape index (κ1) is 13.8. The van der Waals surface area contributed by atoms with Gasteiger partial charge in [-0.2, -0.15) is 5.26 Å². The number of rotatable bonds is 6. The summed E-state index contributed by atoms with van der Waals surface area (Å²) in [7, 11) is 0. The number of anilines is 2. The molecule has 0 aliphatic heterocycles. The molecular formula is C15H17N5. The van der Waals surface area contributed by atoms with E-state index in [4.69, 9.17) is 5.26 Å². The molecule has 0 fully saturated rings. The molecule has 20 heavy (non-hydrogen) atoms. The molecule has 0 saturated carbocycles. The van der Waals surface area contributed by atoms with E-state index in [1.807, 2.05) is 31.2 Å². The van der Waals surface area contributed by atoms with E-state index in [2.05, 4.69) is 38.8 Å². The van der Waals surface area contributed by atoms with Crippen molar-refractivity contribution in [2.24, 2.45) is 0 Å². The van der Waals surface area contributed by atoms with Crippen molar-refractivity contribution in [2.45, 2.75) is 19.9 Å². The normalized spacial score (nSPS) is 9.80. The minimum atomic E-state index is 0.454. The van der Waals surface area contributed by atoms with Gasteiger partial charge in [0.1, 0.15) is 17.5 Å². The molecule has 0 radical (unpaired) electrons. The number of nitrogens with one attached hydrogen (secondary N) is 2. The lowest BCUT2D eigenvalue weighted by atomic mass is 10.2. The maximum atomic E-state index is 8.53. The Hall–Kier alpha value is -2.61. The number of benzene rings is 1. The molecule has 2 rings (SSSR count). The minimum Gasteiger partial charge on any atom is -0.369 e. The third-order valence-corrected chi connectivity index (χ3v) is 2.70. The number of aryl methyl sites for hydroxylation is 1. The SMILES string of the molecule is Cc1nc(NCCC#N)cc(NCc2ccccc2)n1. The smallest absolute Gasteiger partial charge is 0.132 e. The molecule has 0 spiro atoms. The van der Waals surface area contributed by atoms with Crippen molar-refractivity contribution in [1.82, 2.24) is 9.97 Å². The van der Waals surface area contributed by atoms with Crippen molar-refractivity contribution in [3.05, 3.63) is 47.8 Å². The van der Waals surface area contributed by atoms with Crippen LogP contribution in [-0.4, -0.2) is 16.5 Å². The second kappa shape index (κ2) is 7.10. The summed E-state index contributed by atoms with van der Waals surface area (Å²) in [4.78, 5) is 8.64. The van der Waals surface area contributed by atoms with Crippen LogP contribution >= 0.6 is 0 Å². The summed E-state index contributed by atoms with van der Waals surface area (Å²) in [5, 5.41) is 14.9. The summed E-state index contributed by atoms with van der Waals surface area (Å²) >= 11 is 0.